The van der Waals surface area contributed by atoms with Gasteiger partial charge in [-0.05, 0) is 35.7 Å². The number of rotatable bonds is 4. The fourth-order valence-electron chi connectivity index (χ4n) is 1.47. The fourth-order valence-corrected chi connectivity index (χ4v) is 2.33. The minimum atomic E-state index is 0.230. The molecule has 0 saturated heterocycles. The van der Waals surface area contributed by atoms with Gasteiger partial charge in [0.15, 0.2) is 0 Å². The maximum Gasteiger partial charge on any atom is 0.0753 e. The van der Waals surface area contributed by atoms with Crippen LogP contribution in [0.15, 0.2) is 29.4 Å². The molecule has 2 heterocycles. The van der Waals surface area contributed by atoms with Crippen LogP contribution < -0.4 is 5.32 Å². The second-order valence-corrected chi connectivity index (χ2v) is 4.56. The zero-order valence-corrected chi connectivity index (χ0v) is 10.3. The van der Waals surface area contributed by atoms with E-state index in [1.54, 1.807) is 29.9 Å². The third kappa shape index (κ3) is 2.65. The molecule has 1 N–H and O–H groups in total. The van der Waals surface area contributed by atoms with E-state index in [9.17, 15) is 0 Å². The van der Waals surface area contributed by atoms with Crippen LogP contribution in [0.1, 0.15) is 29.8 Å². The van der Waals surface area contributed by atoms with Crippen molar-refractivity contribution in [3.63, 3.8) is 0 Å². The van der Waals surface area contributed by atoms with Gasteiger partial charge in [0.2, 0.25) is 0 Å². The van der Waals surface area contributed by atoms with Gasteiger partial charge < -0.3 is 5.32 Å². The van der Waals surface area contributed by atoms with Gasteiger partial charge in [-0.15, -0.1) is 0 Å². The molecule has 0 fully saturated rings. The zero-order valence-electron chi connectivity index (χ0n) is 9.47. The molecule has 1 unspecified atom stereocenters. The highest BCUT2D eigenvalue weighted by molar-refractivity contribution is 7.08. The van der Waals surface area contributed by atoms with E-state index in [4.69, 9.17) is 0 Å². The molecule has 0 bridgehead atoms. The van der Waals surface area contributed by atoms with Crippen LogP contribution in [0, 0.1) is 6.92 Å². The second-order valence-electron chi connectivity index (χ2n) is 3.81. The Morgan fingerprint density at radius 1 is 1.38 bits per heavy atom. The van der Waals surface area contributed by atoms with Gasteiger partial charge in [-0.25, -0.2) is 0 Å². The van der Waals surface area contributed by atoms with E-state index in [1.807, 2.05) is 0 Å². The van der Waals surface area contributed by atoms with Gasteiger partial charge in [-0.3, -0.25) is 9.97 Å². The van der Waals surface area contributed by atoms with Crippen LogP contribution in [0.3, 0.4) is 0 Å². The first-order valence-electron chi connectivity index (χ1n) is 5.28. The van der Waals surface area contributed by atoms with Gasteiger partial charge >= 0.3 is 0 Å². The van der Waals surface area contributed by atoms with Crippen molar-refractivity contribution >= 4 is 11.3 Å². The van der Waals surface area contributed by atoms with Gasteiger partial charge in [0.05, 0.1) is 5.69 Å². The third-order valence-corrected chi connectivity index (χ3v) is 3.50. The van der Waals surface area contributed by atoms with Crippen molar-refractivity contribution in [1.29, 1.82) is 0 Å². The quantitative estimate of drug-likeness (QED) is 0.882. The van der Waals surface area contributed by atoms with Gasteiger partial charge in [0.25, 0.3) is 0 Å². The minimum Gasteiger partial charge on any atom is -0.305 e. The molecule has 4 heteroatoms. The van der Waals surface area contributed by atoms with Crippen LogP contribution in [-0.4, -0.2) is 9.97 Å². The standard InChI is InChI=1S/C12H15N3S/c1-9-7-16-8-11(9)5-15-10(2)12-6-13-3-4-14-12/h3-4,6-8,10,15H,5H2,1-2H3. The lowest BCUT2D eigenvalue weighted by Gasteiger charge is -2.12. The number of thiophene rings is 1. The molecular weight excluding hydrogens is 218 g/mol. The van der Waals surface area contributed by atoms with Crippen LogP contribution in [0.25, 0.3) is 0 Å². The van der Waals surface area contributed by atoms with Crippen molar-refractivity contribution in [1.82, 2.24) is 15.3 Å². The maximum atomic E-state index is 4.28. The Kier molecular flexibility index (Phi) is 3.64. The normalized spacial score (nSPS) is 12.6. The smallest absolute Gasteiger partial charge is 0.0753 e. The van der Waals surface area contributed by atoms with E-state index in [0.717, 1.165) is 12.2 Å². The molecule has 0 amide bonds. The maximum absolute atomic E-state index is 4.28. The Balaban J connectivity index is 1.94. The lowest BCUT2D eigenvalue weighted by Crippen LogP contribution is -2.19. The summed E-state index contributed by atoms with van der Waals surface area (Å²) in [5.41, 5.74) is 3.69. The summed E-state index contributed by atoms with van der Waals surface area (Å²) in [7, 11) is 0. The summed E-state index contributed by atoms with van der Waals surface area (Å²) in [6.07, 6.45) is 5.22. The molecule has 0 aliphatic carbocycles. The molecule has 2 aromatic rings. The van der Waals surface area contributed by atoms with Gasteiger partial charge in [-0.2, -0.15) is 11.3 Å². The van der Waals surface area contributed by atoms with Crippen molar-refractivity contribution in [2.75, 3.05) is 0 Å². The first kappa shape index (κ1) is 11.2. The van der Waals surface area contributed by atoms with Crippen LogP contribution in [0.2, 0.25) is 0 Å². The Morgan fingerprint density at radius 3 is 2.88 bits per heavy atom. The van der Waals surface area contributed by atoms with E-state index in [2.05, 4.69) is 39.9 Å². The van der Waals surface area contributed by atoms with Crippen molar-refractivity contribution in [3.8, 4) is 0 Å². The molecule has 2 aromatic heterocycles. The van der Waals surface area contributed by atoms with Crippen molar-refractivity contribution in [2.24, 2.45) is 0 Å². The number of aromatic nitrogens is 2. The van der Waals surface area contributed by atoms with Gasteiger partial charge in [-0.1, -0.05) is 0 Å². The highest BCUT2D eigenvalue weighted by Gasteiger charge is 2.07. The van der Waals surface area contributed by atoms with Crippen molar-refractivity contribution in [3.05, 3.63) is 46.2 Å². The average Bonchev–Trinajstić information content (AvgIpc) is 2.73. The number of hydrogen-bond donors (Lipinski definition) is 1. The summed E-state index contributed by atoms with van der Waals surface area (Å²) in [6, 6.07) is 0.230. The number of hydrogen-bond acceptors (Lipinski definition) is 4. The first-order valence-corrected chi connectivity index (χ1v) is 6.22. The first-order chi connectivity index (χ1) is 7.77. The lowest BCUT2D eigenvalue weighted by atomic mass is 10.2. The number of nitrogens with zero attached hydrogens (tertiary/aromatic N) is 2. The Bertz CT molecular complexity index is 439. The molecule has 1 atom stereocenters. The lowest BCUT2D eigenvalue weighted by molar-refractivity contribution is 0.559. The Labute approximate surface area is 99.6 Å². The molecule has 0 aliphatic heterocycles. The van der Waals surface area contributed by atoms with E-state index in [0.29, 0.717) is 0 Å². The highest BCUT2D eigenvalue weighted by Crippen LogP contribution is 2.15. The van der Waals surface area contributed by atoms with E-state index in [-0.39, 0.29) is 6.04 Å². The number of nitrogens with one attached hydrogen (secondary N) is 1. The minimum absolute atomic E-state index is 0.230. The Morgan fingerprint density at radius 2 is 2.25 bits per heavy atom. The predicted molar refractivity (Wildman–Crippen MR) is 66.3 cm³/mol. The molecule has 0 spiro atoms. The third-order valence-electron chi connectivity index (χ3n) is 2.59. The molecule has 84 valence electrons. The topological polar surface area (TPSA) is 37.8 Å². The van der Waals surface area contributed by atoms with Crippen molar-refractivity contribution in [2.45, 2.75) is 26.4 Å². The molecule has 0 radical (unpaired) electrons. The molecule has 16 heavy (non-hydrogen) atoms. The molecule has 0 aromatic carbocycles. The largest absolute Gasteiger partial charge is 0.305 e. The number of aryl methyl sites for hydroxylation is 1. The zero-order chi connectivity index (χ0) is 11.4. The van der Waals surface area contributed by atoms with Crippen LogP contribution in [0.5, 0.6) is 0 Å². The SMILES string of the molecule is Cc1cscc1CNC(C)c1cnccn1. The molecule has 2 rings (SSSR count). The molecule has 0 saturated carbocycles. The van der Waals surface area contributed by atoms with Crippen LogP contribution >= 0.6 is 11.3 Å². The summed E-state index contributed by atoms with van der Waals surface area (Å²) in [5.74, 6) is 0. The molecular formula is C12H15N3S. The van der Waals surface area contributed by atoms with Crippen LogP contribution in [0.4, 0.5) is 0 Å². The predicted octanol–water partition coefficient (Wildman–Crippen LogP) is 2.70. The summed E-state index contributed by atoms with van der Waals surface area (Å²) in [5, 5.41) is 7.80. The molecule has 3 nitrogen and oxygen atoms in total. The molecule has 0 aliphatic rings. The van der Waals surface area contributed by atoms with Crippen molar-refractivity contribution < 1.29 is 0 Å². The monoisotopic (exact) mass is 233 g/mol. The van der Waals surface area contributed by atoms with Crippen LogP contribution in [-0.2, 0) is 6.54 Å². The van der Waals surface area contributed by atoms with E-state index < -0.39 is 0 Å². The van der Waals surface area contributed by atoms with Gasteiger partial charge in [0.1, 0.15) is 0 Å². The average molecular weight is 233 g/mol. The highest BCUT2D eigenvalue weighted by atomic mass is 32.1. The van der Waals surface area contributed by atoms with Gasteiger partial charge in [0, 0.05) is 31.2 Å². The summed E-state index contributed by atoms with van der Waals surface area (Å²) >= 11 is 1.75. The fraction of sp³-hybridized carbons (Fsp3) is 0.333. The summed E-state index contributed by atoms with van der Waals surface area (Å²) in [4.78, 5) is 8.35. The summed E-state index contributed by atoms with van der Waals surface area (Å²) < 4.78 is 0. The Hall–Kier alpha value is -1.26. The van der Waals surface area contributed by atoms with E-state index >= 15 is 0 Å². The van der Waals surface area contributed by atoms with E-state index in [1.165, 1.54) is 11.1 Å². The second kappa shape index (κ2) is 5.18. The summed E-state index contributed by atoms with van der Waals surface area (Å²) in [6.45, 7) is 5.12.